The molecule has 0 radical (unpaired) electrons. The smallest absolute Gasteiger partial charge is 0.125 e. The van der Waals surface area contributed by atoms with Crippen molar-refractivity contribution >= 4 is 0 Å². The van der Waals surface area contributed by atoms with Gasteiger partial charge in [0.1, 0.15) is 5.75 Å². The van der Waals surface area contributed by atoms with Crippen LogP contribution in [0.25, 0.3) is 0 Å². The van der Waals surface area contributed by atoms with Gasteiger partial charge in [-0.2, -0.15) is 5.26 Å². The van der Waals surface area contributed by atoms with Gasteiger partial charge >= 0.3 is 0 Å². The maximum Gasteiger partial charge on any atom is 0.125 e. The molecule has 0 aromatic heterocycles. The number of rotatable bonds is 6. The van der Waals surface area contributed by atoms with Gasteiger partial charge in [-0.1, -0.05) is 12.1 Å². The van der Waals surface area contributed by atoms with E-state index < -0.39 is 6.10 Å². The zero-order valence-electron chi connectivity index (χ0n) is 10.4. The van der Waals surface area contributed by atoms with Crippen LogP contribution in [0, 0.1) is 18.3 Å². The molecule has 1 aromatic carbocycles. The van der Waals surface area contributed by atoms with Crippen molar-refractivity contribution in [3.8, 4) is 11.8 Å². The molecule has 17 heavy (non-hydrogen) atoms. The lowest BCUT2D eigenvalue weighted by Gasteiger charge is -2.14. The van der Waals surface area contributed by atoms with Gasteiger partial charge in [-0.3, -0.25) is 0 Å². The Labute approximate surface area is 103 Å². The summed E-state index contributed by atoms with van der Waals surface area (Å²) in [5, 5.41) is 18.0. The second-order valence-corrected chi connectivity index (χ2v) is 4.18. The number of nitriles is 1. The van der Waals surface area contributed by atoms with Crippen molar-refractivity contribution in [1.29, 1.82) is 5.26 Å². The molecule has 0 heterocycles. The summed E-state index contributed by atoms with van der Waals surface area (Å²) < 4.78 is 5.66. The normalized spacial score (nSPS) is 11.9. The Morgan fingerprint density at radius 3 is 2.82 bits per heavy atom. The minimum absolute atomic E-state index is 0.523. The van der Waals surface area contributed by atoms with Gasteiger partial charge < -0.3 is 9.84 Å². The van der Waals surface area contributed by atoms with Crippen molar-refractivity contribution in [1.82, 2.24) is 0 Å². The van der Waals surface area contributed by atoms with Crippen molar-refractivity contribution in [2.75, 3.05) is 6.61 Å². The van der Waals surface area contributed by atoms with Crippen LogP contribution in [0.3, 0.4) is 0 Å². The van der Waals surface area contributed by atoms with Crippen LogP contribution in [-0.2, 0) is 0 Å². The molecule has 0 aliphatic carbocycles. The Kier molecular flexibility index (Phi) is 5.51. The average molecular weight is 233 g/mol. The van der Waals surface area contributed by atoms with Crippen LogP contribution in [0.1, 0.15) is 43.4 Å². The summed E-state index contributed by atoms with van der Waals surface area (Å²) in [5.41, 5.74) is 1.93. The van der Waals surface area contributed by atoms with Gasteiger partial charge in [-0.05, 0) is 38.3 Å². The number of aliphatic hydroxyl groups excluding tert-OH is 1. The molecule has 92 valence electrons. The molecule has 1 unspecified atom stereocenters. The second kappa shape index (κ2) is 6.93. The first-order valence-corrected chi connectivity index (χ1v) is 5.93. The van der Waals surface area contributed by atoms with Gasteiger partial charge in [0, 0.05) is 12.0 Å². The maximum atomic E-state index is 9.61. The van der Waals surface area contributed by atoms with Crippen LogP contribution in [0.5, 0.6) is 5.75 Å². The Morgan fingerprint density at radius 1 is 1.41 bits per heavy atom. The van der Waals surface area contributed by atoms with Crippen molar-refractivity contribution in [3.63, 3.8) is 0 Å². The zero-order chi connectivity index (χ0) is 12.7. The molecule has 0 amide bonds. The molecule has 1 N–H and O–H groups in total. The Hall–Kier alpha value is -1.53. The molecule has 3 heteroatoms. The molecule has 1 atom stereocenters. The Balaban J connectivity index is 2.57. The van der Waals surface area contributed by atoms with Crippen LogP contribution < -0.4 is 4.74 Å². The van der Waals surface area contributed by atoms with E-state index >= 15 is 0 Å². The highest BCUT2D eigenvalue weighted by molar-refractivity contribution is 5.38. The standard InChI is InChI=1S/C14H19NO2/c1-11-6-7-13(12(2)16)14(10-11)17-9-5-3-4-8-15/h6-7,10,12,16H,3-5,9H2,1-2H3. The van der Waals surface area contributed by atoms with Crippen molar-refractivity contribution in [3.05, 3.63) is 29.3 Å². The van der Waals surface area contributed by atoms with Crippen molar-refractivity contribution in [2.45, 2.75) is 39.2 Å². The SMILES string of the molecule is Cc1ccc(C(C)O)c(OCCCCC#N)c1. The summed E-state index contributed by atoms with van der Waals surface area (Å²) in [5.74, 6) is 0.747. The van der Waals surface area contributed by atoms with E-state index in [9.17, 15) is 5.11 Å². The van der Waals surface area contributed by atoms with E-state index in [1.54, 1.807) is 6.92 Å². The van der Waals surface area contributed by atoms with Crippen LogP contribution in [0.15, 0.2) is 18.2 Å². The lowest BCUT2D eigenvalue weighted by molar-refractivity contribution is 0.190. The molecule has 1 aromatic rings. The molecule has 0 bridgehead atoms. The topological polar surface area (TPSA) is 53.2 Å². The number of hydrogen-bond donors (Lipinski definition) is 1. The molecule has 3 nitrogen and oxygen atoms in total. The maximum absolute atomic E-state index is 9.61. The van der Waals surface area contributed by atoms with Gasteiger partial charge in [-0.25, -0.2) is 0 Å². The van der Waals surface area contributed by atoms with Crippen LogP contribution in [0.4, 0.5) is 0 Å². The van der Waals surface area contributed by atoms with E-state index in [0.717, 1.165) is 29.7 Å². The Morgan fingerprint density at radius 2 is 2.18 bits per heavy atom. The fraction of sp³-hybridized carbons (Fsp3) is 0.500. The number of unbranched alkanes of at least 4 members (excludes halogenated alkanes) is 2. The molecule has 0 saturated heterocycles. The highest BCUT2D eigenvalue weighted by Crippen LogP contribution is 2.26. The zero-order valence-corrected chi connectivity index (χ0v) is 10.4. The predicted molar refractivity (Wildman–Crippen MR) is 66.8 cm³/mol. The predicted octanol–water partition coefficient (Wildman–Crippen LogP) is 3.12. The monoisotopic (exact) mass is 233 g/mol. The van der Waals surface area contributed by atoms with E-state index in [-0.39, 0.29) is 0 Å². The van der Waals surface area contributed by atoms with E-state index in [2.05, 4.69) is 6.07 Å². The number of aryl methyl sites for hydroxylation is 1. The molecular formula is C14H19NO2. The van der Waals surface area contributed by atoms with Gasteiger partial charge in [0.15, 0.2) is 0 Å². The summed E-state index contributed by atoms with van der Waals surface area (Å²) in [6.07, 6.45) is 1.76. The summed E-state index contributed by atoms with van der Waals surface area (Å²) in [7, 11) is 0. The molecular weight excluding hydrogens is 214 g/mol. The number of nitrogens with zero attached hydrogens (tertiary/aromatic N) is 1. The minimum atomic E-state index is -0.523. The van der Waals surface area contributed by atoms with Gasteiger partial charge in [0.05, 0.1) is 18.8 Å². The highest BCUT2D eigenvalue weighted by Gasteiger charge is 2.08. The molecule has 0 aliphatic rings. The second-order valence-electron chi connectivity index (χ2n) is 4.18. The van der Waals surface area contributed by atoms with Gasteiger partial charge in [0.25, 0.3) is 0 Å². The summed E-state index contributed by atoms with van der Waals surface area (Å²) in [4.78, 5) is 0. The van der Waals surface area contributed by atoms with E-state index in [1.807, 2.05) is 25.1 Å². The number of benzene rings is 1. The number of ether oxygens (including phenoxy) is 1. The fourth-order valence-corrected chi connectivity index (χ4v) is 1.60. The fourth-order valence-electron chi connectivity index (χ4n) is 1.60. The molecule has 1 rings (SSSR count). The first-order chi connectivity index (χ1) is 8.15. The minimum Gasteiger partial charge on any atom is -0.493 e. The van der Waals surface area contributed by atoms with Gasteiger partial charge in [-0.15, -0.1) is 0 Å². The van der Waals surface area contributed by atoms with Crippen molar-refractivity contribution in [2.24, 2.45) is 0 Å². The van der Waals surface area contributed by atoms with Crippen LogP contribution in [-0.4, -0.2) is 11.7 Å². The van der Waals surface area contributed by atoms with Gasteiger partial charge in [0.2, 0.25) is 0 Å². The summed E-state index contributed by atoms with van der Waals surface area (Å²) in [6.45, 7) is 4.31. The van der Waals surface area contributed by atoms with Crippen molar-refractivity contribution < 1.29 is 9.84 Å². The summed E-state index contributed by atoms with van der Waals surface area (Å²) >= 11 is 0. The van der Waals surface area contributed by atoms with E-state index in [0.29, 0.717) is 13.0 Å². The number of aliphatic hydroxyl groups is 1. The largest absolute Gasteiger partial charge is 0.493 e. The van der Waals surface area contributed by atoms with E-state index in [1.165, 1.54) is 0 Å². The average Bonchev–Trinajstić information content (AvgIpc) is 2.28. The lowest BCUT2D eigenvalue weighted by atomic mass is 10.1. The first-order valence-electron chi connectivity index (χ1n) is 5.93. The summed E-state index contributed by atoms with van der Waals surface area (Å²) in [6, 6.07) is 7.90. The molecule has 0 saturated carbocycles. The van der Waals surface area contributed by atoms with Crippen LogP contribution in [0.2, 0.25) is 0 Å². The molecule has 0 fully saturated rings. The Bertz CT molecular complexity index is 394. The van der Waals surface area contributed by atoms with E-state index in [4.69, 9.17) is 10.00 Å². The quantitative estimate of drug-likeness (QED) is 0.768. The van der Waals surface area contributed by atoms with Crippen LogP contribution >= 0.6 is 0 Å². The molecule has 0 spiro atoms. The lowest BCUT2D eigenvalue weighted by Crippen LogP contribution is -2.02. The third kappa shape index (κ3) is 4.46. The third-order valence-electron chi connectivity index (χ3n) is 2.56. The first kappa shape index (κ1) is 13.5. The highest BCUT2D eigenvalue weighted by atomic mass is 16.5. The third-order valence-corrected chi connectivity index (χ3v) is 2.56. The molecule has 0 aliphatic heterocycles. The number of hydrogen-bond acceptors (Lipinski definition) is 3.